The molecule has 1 aliphatic heterocycles. The summed E-state index contributed by atoms with van der Waals surface area (Å²) in [7, 11) is 0. The van der Waals surface area contributed by atoms with Gasteiger partial charge in [0.25, 0.3) is 0 Å². The van der Waals surface area contributed by atoms with E-state index in [9.17, 15) is 0 Å². The Balaban J connectivity index is 1.51. The smallest absolute Gasteiger partial charge is 0.196 e. The summed E-state index contributed by atoms with van der Waals surface area (Å²) in [5.41, 5.74) is 3.64. The number of anilines is 2. The zero-order valence-corrected chi connectivity index (χ0v) is 16.5. The molecule has 0 N–H and O–H groups in total. The number of hydrogen-bond acceptors (Lipinski definition) is 5. The molecule has 1 saturated heterocycles. The van der Waals surface area contributed by atoms with Crippen LogP contribution in [0.2, 0.25) is 5.02 Å². The number of halogens is 1. The van der Waals surface area contributed by atoms with Crippen LogP contribution in [0, 0.1) is 0 Å². The third-order valence-corrected chi connectivity index (χ3v) is 5.66. The highest BCUT2D eigenvalue weighted by molar-refractivity contribution is 6.33. The maximum atomic E-state index is 6.38. The Morgan fingerprint density at radius 3 is 2.43 bits per heavy atom. The molecule has 28 heavy (non-hydrogen) atoms. The number of nitrogens with zero attached hydrogens (tertiary/aromatic N) is 4. The lowest BCUT2D eigenvalue weighted by atomic mass is 10.2. The normalized spacial score (nSPS) is 14.9. The SMILES string of the molecule is CCc1nc(N2CCN(c3ccccc3Cl)CC2)c2oc3ccccc3c2n1. The third kappa shape index (κ3) is 2.87. The Morgan fingerprint density at radius 1 is 0.929 bits per heavy atom. The van der Waals surface area contributed by atoms with Crippen LogP contribution in [0.25, 0.3) is 22.1 Å². The molecule has 0 saturated carbocycles. The van der Waals surface area contributed by atoms with E-state index in [0.29, 0.717) is 0 Å². The zero-order chi connectivity index (χ0) is 19.1. The van der Waals surface area contributed by atoms with E-state index in [1.54, 1.807) is 0 Å². The molecule has 1 aliphatic rings. The monoisotopic (exact) mass is 392 g/mol. The molecule has 2 aromatic carbocycles. The molecule has 0 amide bonds. The fourth-order valence-corrected chi connectivity index (χ4v) is 4.12. The molecular weight excluding hydrogens is 372 g/mol. The van der Waals surface area contributed by atoms with Crippen molar-refractivity contribution in [3.8, 4) is 0 Å². The molecule has 5 rings (SSSR count). The lowest BCUT2D eigenvalue weighted by Crippen LogP contribution is -2.47. The zero-order valence-electron chi connectivity index (χ0n) is 15.7. The van der Waals surface area contributed by atoms with Crippen molar-refractivity contribution in [1.82, 2.24) is 9.97 Å². The van der Waals surface area contributed by atoms with E-state index in [1.807, 2.05) is 36.4 Å². The van der Waals surface area contributed by atoms with Gasteiger partial charge in [-0.25, -0.2) is 9.97 Å². The highest BCUT2D eigenvalue weighted by Crippen LogP contribution is 2.34. The number of fused-ring (bicyclic) bond motifs is 3. The average molecular weight is 393 g/mol. The molecule has 0 atom stereocenters. The second-order valence-electron chi connectivity index (χ2n) is 7.02. The van der Waals surface area contributed by atoms with Crippen LogP contribution < -0.4 is 9.80 Å². The molecule has 3 heterocycles. The molecule has 142 valence electrons. The predicted octanol–water partition coefficient (Wildman–Crippen LogP) is 4.92. The van der Waals surface area contributed by atoms with E-state index in [0.717, 1.165) is 77.0 Å². The lowest BCUT2D eigenvalue weighted by molar-refractivity contribution is 0.627. The Kier molecular flexibility index (Phi) is 4.32. The summed E-state index contributed by atoms with van der Waals surface area (Å²) in [4.78, 5) is 14.2. The summed E-state index contributed by atoms with van der Waals surface area (Å²) in [6, 6.07) is 16.1. The number of benzene rings is 2. The van der Waals surface area contributed by atoms with Gasteiger partial charge in [0.1, 0.15) is 16.9 Å². The van der Waals surface area contributed by atoms with Crippen molar-refractivity contribution in [2.45, 2.75) is 13.3 Å². The minimum absolute atomic E-state index is 0.782. The summed E-state index contributed by atoms with van der Waals surface area (Å²) in [5, 5.41) is 1.84. The van der Waals surface area contributed by atoms with Crippen LogP contribution >= 0.6 is 11.6 Å². The van der Waals surface area contributed by atoms with E-state index in [-0.39, 0.29) is 0 Å². The van der Waals surface area contributed by atoms with E-state index in [4.69, 9.17) is 26.0 Å². The first-order valence-electron chi connectivity index (χ1n) is 9.67. The lowest BCUT2D eigenvalue weighted by Gasteiger charge is -2.37. The van der Waals surface area contributed by atoms with Crippen LogP contribution in [-0.4, -0.2) is 36.1 Å². The van der Waals surface area contributed by atoms with Gasteiger partial charge in [0.15, 0.2) is 11.4 Å². The van der Waals surface area contributed by atoms with Gasteiger partial charge < -0.3 is 14.2 Å². The second-order valence-corrected chi connectivity index (χ2v) is 7.43. The first kappa shape index (κ1) is 17.3. The fourth-order valence-electron chi connectivity index (χ4n) is 3.86. The van der Waals surface area contributed by atoms with Crippen molar-refractivity contribution >= 4 is 45.2 Å². The Labute approximate surface area is 168 Å². The molecule has 0 spiro atoms. The molecule has 5 nitrogen and oxygen atoms in total. The molecule has 4 aromatic rings. The number of rotatable bonds is 3. The van der Waals surface area contributed by atoms with Gasteiger partial charge in [-0.3, -0.25) is 0 Å². The van der Waals surface area contributed by atoms with Crippen molar-refractivity contribution in [2.24, 2.45) is 0 Å². The first-order chi connectivity index (χ1) is 13.7. The van der Waals surface area contributed by atoms with Gasteiger partial charge in [-0.1, -0.05) is 42.8 Å². The van der Waals surface area contributed by atoms with Gasteiger partial charge in [-0.15, -0.1) is 0 Å². The topological polar surface area (TPSA) is 45.4 Å². The van der Waals surface area contributed by atoms with Crippen molar-refractivity contribution < 1.29 is 4.42 Å². The predicted molar refractivity (Wildman–Crippen MR) is 115 cm³/mol. The summed E-state index contributed by atoms with van der Waals surface area (Å²) < 4.78 is 6.17. The van der Waals surface area contributed by atoms with Gasteiger partial charge >= 0.3 is 0 Å². The van der Waals surface area contributed by atoms with Crippen LogP contribution in [0.5, 0.6) is 0 Å². The number of para-hydroxylation sites is 2. The summed E-state index contributed by atoms with van der Waals surface area (Å²) >= 11 is 6.38. The highest BCUT2D eigenvalue weighted by atomic mass is 35.5. The Hall–Kier alpha value is -2.79. The molecule has 0 aliphatic carbocycles. The van der Waals surface area contributed by atoms with Gasteiger partial charge in [0.2, 0.25) is 0 Å². The molecule has 0 radical (unpaired) electrons. The van der Waals surface area contributed by atoms with Gasteiger partial charge in [-0.05, 0) is 24.3 Å². The third-order valence-electron chi connectivity index (χ3n) is 5.34. The summed E-state index contributed by atoms with van der Waals surface area (Å²) in [6.45, 7) is 5.57. The quantitative estimate of drug-likeness (QED) is 0.495. The van der Waals surface area contributed by atoms with Gasteiger partial charge in [0, 0.05) is 38.0 Å². The van der Waals surface area contributed by atoms with Crippen LogP contribution in [0.1, 0.15) is 12.7 Å². The maximum Gasteiger partial charge on any atom is 0.196 e. The van der Waals surface area contributed by atoms with Crippen molar-refractivity contribution in [3.05, 3.63) is 59.4 Å². The molecule has 1 fully saturated rings. The van der Waals surface area contributed by atoms with E-state index < -0.39 is 0 Å². The minimum atomic E-state index is 0.782. The summed E-state index contributed by atoms with van der Waals surface area (Å²) in [5.74, 6) is 1.75. The largest absolute Gasteiger partial charge is 0.450 e. The van der Waals surface area contributed by atoms with Gasteiger partial charge in [0.05, 0.1) is 10.7 Å². The molecular formula is C22H21ClN4O. The molecule has 6 heteroatoms. The average Bonchev–Trinajstić information content (AvgIpc) is 3.12. The Bertz CT molecular complexity index is 1150. The van der Waals surface area contributed by atoms with Gasteiger partial charge in [-0.2, -0.15) is 0 Å². The summed E-state index contributed by atoms with van der Waals surface area (Å²) in [6.07, 6.45) is 0.794. The van der Waals surface area contributed by atoms with E-state index in [2.05, 4.69) is 28.9 Å². The first-order valence-corrected chi connectivity index (χ1v) is 10.0. The number of aryl methyl sites for hydroxylation is 1. The van der Waals surface area contributed by atoms with Crippen molar-refractivity contribution in [2.75, 3.05) is 36.0 Å². The van der Waals surface area contributed by atoms with Crippen LogP contribution in [0.15, 0.2) is 52.9 Å². The van der Waals surface area contributed by atoms with E-state index in [1.165, 1.54) is 0 Å². The van der Waals surface area contributed by atoms with Crippen molar-refractivity contribution in [3.63, 3.8) is 0 Å². The number of hydrogen-bond donors (Lipinski definition) is 0. The molecule has 0 unspecified atom stereocenters. The maximum absolute atomic E-state index is 6.38. The number of aromatic nitrogens is 2. The minimum Gasteiger partial charge on any atom is -0.450 e. The van der Waals surface area contributed by atoms with Crippen LogP contribution in [0.4, 0.5) is 11.5 Å². The number of furan rings is 1. The van der Waals surface area contributed by atoms with Crippen LogP contribution in [0.3, 0.4) is 0 Å². The van der Waals surface area contributed by atoms with Crippen LogP contribution in [-0.2, 0) is 6.42 Å². The fraction of sp³-hybridized carbons (Fsp3) is 0.273. The number of piperazine rings is 1. The standard InChI is InChI=1S/C22H21ClN4O/c1-2-19-24-20-15-7-3-6-10-18(15)28-21(20)22(25-19)27-13-11-26(12-14-27)17-9-5-4-8-16(17)23/h3-10H,2,11-14H2,1H3. The molecule has 0 bridgehead atoms. The van der Waals surface area contributed by atoms with E-state index >= 15 is 0 Å². The Morgan fingerprint density at radius 2 is 1.64 bits per heavy atom. The second kappa shape index (κ2) is 6.99. The van der Waals surface area contributed by atoms with Crippen molar-refractivity contribution in [1.29, 1.82) is 0 Å². The molecule has 2 aromatic heterocycles. The highest BCUT2D eigenvalue weighted by Gasteiger charge is 2.24.